The molecule has 0 aliphatic carbocycles. The number of amides is 2. The van der Waals surface area contributed by atoms with Gasteiger partial charge in [-0.25, -0.2) is 4.79 Å². The van der Waals surface area contributed by atoms with Crippen molar-refractivity contribution in [2.75, 3.05) is 63.9 Å². The fourth-order valence-corrected chi connectivity index (χ4v) is 3.95. The van der Waals surface area contributed by atoms with Crippen LogP contribution in [-0.4, -0.2) is 85.8 Å². The van der Waals surface area contributed by atoms with Crippen LogP contribution in [0.2, 0.25) is 0 Å². The van der Waals surface area contributed by atoms with Crippen LogP contribution in [-0.2, 0) is 4.74 Å². The zero-order valence-electron chi connectivity index (χ0n) is 17.2. The van der Waals surface area contributed by atoms with Crippen molar-refractivity contribution in [3.8, 4) is 0 Å². The van der Waals surface area contributed by atoms with Crippen LogP contribution in [0.1, 0.15) is 13.8 Å². The van der Waals surface area contributed by atoms with Crippen LogP contribution in [0.4, 0.5) is 16.2 Å². The minimum absolute atomic E-state index is 0.0211. The number of ether oxygens (including phenoxy) is 1. The smallest absolute Gasteiger partial charge is 0.317 e. The van der Waals surface area contributed by atoms with Gasteiger partial charge in [0.1, 0.15) is 0 Å². The van der Waals surface area contributed by atoms with Crippen LogP contribution in [0.5, 0.6) is 0 Å². The standard InChI is InChI=1S/C20H31N5O4/c1-16(2)19(23-11-13-29-14-12-23)15-21-20(26)24-9-7-22(8-10-24)17-3-5-18(6-4-17)25(27)28/h3-6,16,19H,7-15H2,1-2H3,(H,21,26)/t19-/m1/s1. The molecule has 2 fully saturated rings. The fourth-order valence-electron chi connectivity index (χ4n) is 3.95. The molecule has 0 bridgehead atoms. The third-order valence-electron chi connectivity index (χ3n) is 5.74. The van der Waals surface area contributed by atoms with E-state index in [1.54, 1.807) is 12.1 Å². The van der Waals surface area contributed by atoms with Crippen LogP contribution in [0.3, 0.4) is 0 Å². The second kappa shape index (κ2) is 9.89. The van der Waals surface area contributed by atoms with Gasteiger partial charge in [0, 0.05) is 69.7 Å². The maximum absolute atomic E-state index is 12.6. The number of piperazine rings is 1. The van der Waals surface area contributed by atoms with Crippen LogP contribution in [0, 0.1) is 16.0 Å². The number of nitrogens with zero attached hydrogens (tertiary/aromatic N) is 4. The molecule has 1 N–H and O–H groups in total. The van der Waals surface area contributed by atoms with E-state index in [2.05, 4.69) is 29.0 Å². The van der Waals surface area contributed by atoms with Gasteiger partial charge < -0.3 is 19.9 Å². The number of nitro groups is 1. The molecule has 3 rings (SSSR count). The molecule has 1 aromatic rings. The molecule has 9 heteroatoms. The average Bonchev–Trinajstić information content (AvgIpc) is 2.74. The molecule has 0 aromatic heterocycles. The Morgan fingerprint density at radius 2 is 1.72 bits per heavy atom. The van der Waals surface area contributed by atoms with Gasteiger partial charge in [0.25, 0.3) is 5.69 Å². The Morgan fingerprint density at radius 1 is 1.10 bits per heavy atom. The van der Waals surface area contributed by atoms with Gasteiger partial charge in [-0.1, -0.05) is 13.8 Å². The van der Waals surface area contributed by atoms with E-state index >= 15 is 0 Å². The first-order valence-corrected chi connectivity index (χ1v) is 10.3. The highest BCUT2D eigenvalue weighted by Crippen LogP contribution is 2.20. The van der Waals surface area contributed by atoms with Crippen molar-refractivity contribution in [1.29, 1.82) is 0 Å². The summed E-state index contributed by atoms with van der Waals surface area (Å²) in [6.07, 6.45) is 0. The van der Waals surface area contributed by atoms with E-state index in [1.165, 1.54) is 12.1 Å². The van der Waals surface area contributed by atoms with Crippen molar-refractivity contribution in [3.63, 3.8) is 0 Å². The number of carbonyl (C=O) groups is 1. The van der Waals surface area contributed by atoms with Crippen LogP contribution < -0.4 is 10.2 Å². The fraction of sp³-hybridized carbons (Fsp3) is 0.650. The van der Waals surface area contributed by atoms with Crippen LogP contribution in [0.15, 0.2) is 24.3 Å². The van der Waals surface area contributed by atoms with Gasteiger partial charge in [-0.3, -0.25) is 15.0 Å². The van der Waals surface area contributed by atoms with Crippen molar-refractivity contribution in [2.24, 2.45) is 5.92 Å². The van der Waals surface area contributed by atoms with Crippen molar-refractivity contribution in [1.82, 2.24) is 15.1 Å². The van der Waals surface area contributed by atoms with E-state index in [0.29, 0.717) is 44.7 Å². The number of carbonyl (C=O) groups excluding carboxylic acids is 1. The third-order valence-corrected chi connectivity index (χ3v) is 5.74. The van der Waals surface area contributed by atoms with E-state index in [0.717, 1.165) is 32.0 Å². The van der Waals surface area contributed by atoms with E-state index in [-0.39, 0.29) is 11.7 Å². The second-order valence-corrected chi connectivity index (χ2v) is 7.89. The lowest BCUT2D eigenvalue weighted by atomic mass is 10.0. The zero-order chi connectivity index (χ0) is 20.8. The minimum atomic E-state index is -0.395. The highest BCUT2D eigenvalue weighted by Gasteiger charge is 2.26. The molecule has 29 heavy (non-hydrogen) atoms. The molecule has 0 unspecified atom stereocenters. The van der Waals surface area contributed by atoms with Gasteiger partial charge in [0.05, 0.1) is 18.1 Å². The molecule has 1 atom stereocenters. The summed E-state index contributed by atoms with van der Waals surface area (Å²) < 4.78 is 5.44. The highest BCUT2D eigenvalue weighted by molar-refractivity contribution is 5.74. The Hall–Kier alpha value is -2.39. The predicted octanol–water partition coefficient (Wildman–Crippen LogP) is 1.78. The number of nitrogens with one attached hydrogen (secondary N) is 1. The summed E-state index contributed by atoms with van der Waals surface area (Å²) in [5, 5.41) is 13.9. The van der Waals surface area contributed by atoms with E-state index in [4.69, 9.17) is 4.74 Å². The van der Waals surface area contributed by atoms with Crippen LogP contribution in [0.25, 0.3) is 0 Å². The Labute approximate surface area is 171 Å². The molecule has 2 heterocycles. The Morgan fingerprint density at radius 3 is 2.28 bits per heavy atom. The first kappa shape index (κ1) is 21.3. The number of benzene rings is 1. The normalized spacial score (nSPS) is 19.3. The van der Waals surface area contributed by atoms with Gasteiger partial charge in [-0.15, -0.1) is 0 Å². The summed E-state index contributed by atoms with van der Waals surface area (Å²) in [7, 11) is 0. The van der Waals surface area contributed by atoms with Gasteiger partial charge in [-0.2, -0.15) is 0 Å². The molecular weight excluding hydrogens is 374 g/mol. The van der Waals surface area contributed by atoms with Crippen molar-refractivity contribution < 1.29 is 14.5 Å². The number of non-ortho nitro benzene ring substituents is 1. The van der Waals surface area contributed by atoms with Crippen molar-refractivity contribution in [3.05, 3.63) is 34.4 Å². The summed E-state index contributed by atoms with van der Waals surface area (Å²) in [6.45, 7) is 11.0. The summed E-state index contributed by atoms with van der Waals surface area (Å²) in [4.78, 5) is 29.4. The molecule has 0 saturated carbocycles. The lowest BCUT2D eigenvalue weighted by Gasteiger charge is -2.38. The van der Waals surface area contributed by atoms with Crippen molar-refractivity contribution >= 4 is 17.4 Å². The first-order chi connectivity index (χ1) is 14.0. The molecule has 0 radical (unpaired) electrons. The minimum Gasteiger partial charge on any atom is -0.379 e. The molecule has 160 valence electrons. The predicted molar refractivity (Wildman–Crippen MR) is 111 cm³/mol. The number of hydrogen-bond acceptors (Lipinski definition) is 6. The number of urea groups is 1. The molecule has 2 amide bonds. The summed E-state index contributed by atoms with van der Waals surface area (Å²) in [5.74, 6) is 0.451. The first-order valence-electron chi connectivity index (χ1n) is 10.3. The van der Waals surface area contributed by atoms with Crippen LogP contribution >= 0.6 is 0 Å². The SMILES string of the molecule is CC(C)[C@@H](CNC(=O)N1CCN(c2ccc([N+](=O)[O-])cc2)CC1)N1CCOCC1. The monoisotopic (exact) mass is 405 g/mol. The van der Waals surface area contributed by atoms with Crippen molar-refractivity contribution in [2.45, 2.75) is 19.9 Å². The Kier molecular flexibility index (Phi) is 7.27. The molecule has 2 saturated heterocycles. The summed E-state index contributed by atoms with van der Waals surface area (Å²) in [6, 6.07) is 6.86. The molecule has 2 aliphatic rings. The molecule has 9 nitrogen and oxygen atoms in total. The number of anilines is 1. The maximum atomic E-state index is 12.6. The summed E-state index contributed by atoms with van der Waals surface area (Å²) in [5.41, 5.74) is 1.04. The van der Waals surface area contributed by atoms with E-state index in [1.807, 2.05) is 4.90 Å². The topological polar surface area (TPSA) is 91.2 Å². The summed E-state index contributed by atoms with van der Waals surface area (Å²) >= 11 is 0. The van der Waals surface area contributed by atoms with Gasteiger partial charge in [0.15, 0.2) is 0 Å². The lowest BCUT2D eigenvalue weighted by Crippen LogP contribution is -2.55. The Balaban J connectivity index is 1.47. The number of hydrogen-bond donors (Lipinski definition) is 1. The zero-order valence-corrected chi connectivity index (χ0v) is 17.2. The molecule has 0 spiro atoms. The van der Waals surface area contributed by atoms with Gasteiger partial charge in [-0.05, 0) is 18.1 Å². The lowest BCUT2D eigenvalue weighted by molar-refractivity contribution is -0.384. The average molecular weight is 405 g/mol. The number of rotatable bonds is 6. The third kappa shape index (κ3) is 5.57. The number of nitro benzene ring substituents is 1. The van der Waals surface area contributed by atoms with Gasteiger partial charge >= 0.3 is 6.03 Å². The number of morpholine rings is 1. The van der Waals surface area contributed by atoms with E-state index < -0.39 is 4.92 Å². The highest BCUT2D eigenvalue weighted by atomic mass is 16.6. The quantitative estimate of drug-likeness (QED) is 0.573. The molecular formula is C20H31N5O4. The maximum Gasteiger partial charge on any atom is 0.317 e. The largest absolute Gasteiger partial charge is 0.379 e. The molecule has 2 aliphatic heterocycles. The molecule has 1 aromatic carbocycles. The second-order valence-electron chi connectivity index (χ2n) is 7.89. The van der Waals surface area contributed by atoms with E-state index in [9.17, 15) is 14.9 Å². The Bertz CT molecular complexity index is 683. The van der Waals surface area contributed by atoms with Gasteiger partial charge in [0.2, 0.25) is 0 Å².